The van der Waals surface area contributed by atoms with Gasteiger partial charge in [-0.15, -0.1) is 0 Å². The predicted octanol–water partition coefficient (Wildman–Crippen LogP) is 6.51. The second kappa shape index (κ2) is 12.8. The van der Waals surface area contributed by atoms with Crippen LogP contribution < -0.4 is 15.4 Å². The van der Waals surface area contributed by atoms with Crippen molar-refractivity contribution >= 4 is 15.9 Å². The molecule has 0 bridgehead atoms. The second-order valence-electron chi connectivity index (χ2n) is 11.5. The molecule has 2 aliphatic carbocycles. The molecule has 0 heterocycles. The Bertz CT molecular complexity index is 1560. The largest absolute Gasteiger partial charge is 0.416 e. The number of aryl methyl sites for hydroxylation is 1. The molecule has 0 spiro atoms. The molecule has 1 unspecified atom stereocenters. The third-order valence-corrected chi connectivity index (χ3v) is 9.63. The van der Waals surface area contributed by atoms with Crippen molar-refractivity contribution in [2.24, 2.45) is 5.92 Å². The lowest BCUT2D eigenvalue weighted by molar-refractivity contribution is -0.137. The Morgan fingerprint density at radius 1 is 0.977 bits per heavy atom. The molecule has 3 atom stereocenters. The van der Waals surface area contributed by atoms with Gasteiger partial charge < -0.3 is 10.6 Å². The van der Waals surface area contributed by atoms with Gasteiger partial charge >= 0.3 is 6.18 Å². The van der Waals surface area contributed by atoms with Crippen LogP contribution in [0.5, 0.6) is 0 Å². The first kappa shape index (κ1) is 31.2. The van der Waals surface area contributed by atoms with Crippen LogP contribution in [0.3, 0.4) is 0 Å². The molecule has 0 radical (unpaired) electrons. The van der Waals surface area contributed by atoms with Crippen molar-refractivity contribution in [1.82, 2.24) is 15.4 Å². The molecule has 3 aromatic rings. The lowest BCUT2D eigenvalue weighted by Gasteiger charge is -2.28. The summed E-state index contributed by atoms with van der Waals surface area (Å²) in [4.78, 5) is 12.7. The van der Waals surface area contributed by atoms with Crippen molar-refractivity contribution < 1.29 is 30.8 Å². The van der Waals surface area contributed by atoms with Crippen molar-refractivity contribution in [3.8, 4) is 0 Å². The summed E-state index contributed by atoms with van der Waals surface area (Å²) in [6, 6.07) is 13.4. The molecule has 6 nitrogen and oxygen atoms in total. The fourth-order valence-corrected chi connectivity index (χ4v) is 6.76. The highest BCUT2D eigenvalue weighted by Gasteiger charge is 2.33. The number of benzene rings is 3. The number of rotatable bonds is 11. The van der Waals surface area contributed by atoms with Gasteiger partial charge in [0.05, 0.1) is 22.5 Å². The van der Waals surface area contributed by atoms with Crippen LogP contribution >= 0.6 is 0 Å². The van der Waals surface area contributed by atoms with Crippen LogP contribution in [-0.4, -0.2) is 20.9 Å². The van der Waals surface area contributed by atoms with E-state index in [1.807, 2.05) is 6.07 Å². The predicted molar refractivity (Wildman–Crippen MR) is 155 cm³/mol. The van der Waals surface area contributed by atoms with Gasteiger partial charge in [0, 0.05) is 12.5 Å². The summed E-state index contributed by atoms with van der Waals surface area (Å²) in [7, 11) is -4.48. The molecular weight excluding hydrogens is 582 g/mol. The van der Waals surface area contributed by atoms with E-state index >= 15 is 0 Å². The molecule has 1 saturated carbocycles. The van der Waals surface area contributed by atoms with Crippen LogP contribution in [0.4, 0.5) is 17.6 Å². The van der Waals surface area contributed by atoms with Crippen LogP contribution in [0.15, 0.2) is 71.6 Å². The van der Waals surface area contributed by atoms with Crippen molar-refractivity contribution in [3.05, 3.63) is 100 Å². The maximum absolute atomic E-state index is 13.7. The van der Waals surface area contributed by atoms with Gasteiger partial charge in [-0.3, -0.25) is 4.79 Å². The Morgan fingerprint density at radius 3 is 2.40 bits per heavy atom. The van der Waals surface area contributed by atoms with E-state index in [9.17, 15) is 30.8 Å². The minimum Gasteiger partial charge on any atom is -0.349 e. The monoisotopic (exact) mass is 617 g/mol. The fourth-order valence-electron chi connectivity index (χ4n) is 5.49. The maximum atomic E-state index is 13.7. The molecule has 230 valence electrons. The Morgan fingerprint density at radius 2 is 1.70 bits per heavy atom. The Labute approximate surface area is 249 Å². The van der Waals surface area contributed by atoms with Gasteiger partial charge in [-0.05, 0) is 104 Å². The third-order valence-electron chi connectivity index (χ3n) is 8.16. The van der Waals surface area contributed by atoms with Crippen LogP contribution in [0, 0.1) is 11.7 Å². The molecule has 1 fully saturated rings. The smallest absolute Gasteiger partial charge is 0.349 e. The van der Waals surface area contributed by atoms with E-state index in [1.165, 1.54) is 30.5 Å². The maximum Gasteiger partial charge on any atom is 0.416 e. The lowest BCUT2D eigenvalue weighted by Crippen LogP contribution is -2.36. The van der Waals surface area contributed by atoms with Gasteiger partial charge in [-0.2, -0.15) is 13.2 Å². The molecule has 43 heavy (non-hydrogen) atoms. The molecule has 3 aromatic carbocycles. The summed E-state index contributed by atoms with van der Waals surface area (Å²) in [6.45, 7) is 3.14. The van der Waals surface area contributed by atoms with Crippen LogP contribution in [0.2, 0.25) is 0 Å². The summed E-state index contributed by atoms with van der Waals surface area (Å²) in [6.07, 6.45) is -0.0423. The molecule has 11 heteroatoms. The van der Waals surface area contributed by atoms with E-state index in [0.717, 1.165) is 66.8 Å². The number of hydrogen-bond donors (Lipinski definition) is 3. The first-order chi connectivity index (χ1) is 20.4. The molecule has 0 aromatic heterocycles. The third kappa shape index (κ3) is 8.01. The first-order valence-electron chi connectivity index (χ1n) is 14.5. The van der Waals surface area contributed by atoms with E-state index in [-0.39, 0.29) is 18.5 Å². The van der Waals surface area contributed by atoms with Gasteiger partial charge in [-0.25, -0.2) is 17.5 Å². The van der Waals surface area contributed by atoms with Gasteiger partial charge in [0.15, 0.2) is 0 Å². The number of carbonyl (C=O) groups is 1. The zero-order valence-electron chi connectivity index (χ0n) is 23.8. The number of fused-ring (bicyclic) bond motifs is 1. The normalized spacial score (nSPS) is 18.5. The molecular formula is C32H35F4N3O3S. The Balaban J connectivity index is 1.32. The number of nitrogens with one attached hydrogen (secondary N) is 3. The van der Waals surface area contributed by atoms with Gasteiger partial charge in [-0.1, -0.05) is 36.4 Å². The molecule has 2 aliphatic rings. The van der Waals surface area contributed by atoms with Crippen molar-refractivity contribution in [2.45, 2.75) is 74.6 Å². The minimum absolute atomic E-state index is 0.210. The van der Waals surface area contributed by atoms with Crippen LogP contribution in [0.1, 0.15) is 85.0 Å². The Hall–Kier alpha value is -3.28. The topological polar surface area (TPSA) is 87.3 Å². The second-order valence-corrected chi connectivity index (χ2v) is 13.2. The van der Waals surface area contributed by atoms with Crippen molar-refractivity contribution in [1.29, 1.82) is 0 Å². The average Bonchev–Trinajstić information content (AvgIpc) is 3.80. The number of carbonyl (C=O) groups excluding carboxylic acids is 1. The van der Waals surface area contributed by atoms with Crippen molar-refractivity contribution in [2.75, 3.05) is 6.54 Å². The average molecular weight is 618 g/mol. The fraction of sp³-hybridized carbons (Fsp3) is 0.406. The Kier molecular flexibility index (Phi) is 9.24. The van der Waals surface area contributed by atoms with E-state index in [1.54, 1.807) is 0 Å². The van der Waals surface area contributed by atoms with Crippen LogP contribution in [-0.2, 0) is 27.4 Å². The van der Waals surface area contributed by atoms with Crippen LogP contribution in [0.25, 0.3) is 0 Å². The highest BCUT2D eigenvalue weighted by atomic mass is 32.2. The van der Waals surface area contributed by atoms with E-state index in [4.69, 9.17) is 0 Å². The van der Waals surface area contributed by atoms with Gasteiger partial charge in [0.25, 0.3) is 0 Å². The number of halogens is 4. The van der Waals surface area contributed by atoms with E-state index < -0.39 is 44.4 Å². The summed E-state index contributed by atoms with van der Waals surface area (Å²) in [5.74, 6) is -0.224. The summed E-state index contributed by atoms with van der Waals surface area (Å²) < 4.78 is 82.1. The zero-order chi connectivity index (χ0) is 30.8. The number of amides is 1. The summed E-state index contributed by atoms with van der Waals surface area (Å²) in [5, 5.41) is 6.61. The molecule has 0 saturated heterocycles. The van der Waals surface area contributed by atoms with E-state index in [0.29, 0.717) is 18.1 Å². The zero-order valence-corrected chi connectivity index (χ0v) is 24.6. The number of sulfonamides is 1. The van der Waals surface area contributed by atoms with Gasteiger partial charge in [0.2, 0.25) is 15.9 Å². The quantitative estimate of drug-likeness (QED) is 0.214. The molecule has 3 N–H and O–H groups in total. The number of hydrogen-bond acceptors (Lipinski definition) is 4. The summed E-state index contributed by atoms with van der Waals surface area (Å²) >= 11 is 0. The lowest BCUT2D eigenvalue weighted by atomic mass is 9.85. The standard InChI is InChI=1S/C32H35F4N3O3S/c1-20(37-19-21-8-9-21)23-12-15-28-24(16-23)4-2-7-29(28)38-31(40)18-30(22-10-13-26(33)14-11-22)39-43(41,42)27-6-3-5-25(17-27)32(34,35)36/h3,5-6,10-17,20-21,29-30,37,39H,2,4,7-9,18-19H2,1H3,(H,38,40)/t20-,29+,30?/m0/s1. The molecule has 1 amide bonds. The van der Waals surface area contributed by atoms with Gasteiger partial charge in [0.1, 0.15) is 5.82 Å². The first-order valence-corrected chi connectivity index (χ1v) is 16.0. The molecule has 0 aliphatic heterocycles. The highest BCUT2D eigenvalue weighted by Crippen LogP contribution is 2.34. The number of alkyl halides is 3. The SMILES string of the molecule is C[C@H](NCC1CC1)c1ccc2c(c1)CCC[C@H]2NC(=O)CC(NS(=O)(=O)c1cccc(C(F)(F)F)c1)c1ccc(F)cc1. The van der Waals surface area contributed by atoms with E-state index in [2.05, 4.69) is 34.4 Å². The molecule has 5 rings (SSSR count). The summed E-state index contributed by atoms with van der Waals surface area (Å²) in [5.41, 5.74) is 2.55. The highest BCUT2D eigenvalue weighted by molar-refractivity contribution is 7.89. The van der Waals surface area contributed by atoms with Crippen molar-refractivity contribution in [3.63, 3.8) is 0 Å². The minimum atomic E-state index is -4.73.